The molecule has 2 rings (SSSR count). The van der Waals surface area contributed by atoms with Gasteiger partial charge in [-0.25, -0.2) is 4.39 Å². The Kier molecular flexibility index (Phi) is 4.32. The standard InChI is InChI=1S/C14H10F9NO3/c1-9(25,7-3-2-4-8(5-7)24(26)27)6-10(15)11(16,17)13(20,21)14(22,23)12(10,18)19/h2-5,25H,6H2,1H3. The van der Waals surface area contributed by atoms with Crippen LogP contribution in [0.2, 0.25) is 0 Å². The molecule has 1 fully saturated rings. The summed E-state index contributed by atoms with van der Waals surface area (Å²) in [6.45, 7) is 0.397. The predicted octanol–water partition coefficient (Wildman–Crippen LogP) is 4.46. The fourth-order valence-corrected chi connectivity index (χ4v) is 2.84. The molecule has 0 aromatic heterocycles. The lowest BCUT2D eigenvalue weighted by molar-refractivity contribution is -0.385. The first kappa shape index (κ1) is 21.3. The van der Waals surface area contributed by atoms with Crippen LogP contribution in [0.1, 0.15) is 18.9 Å². The maximum atomic E-state index is 14.5. The van der Waals surface area contributed by atoms with Gasteiger partial charge in [0.05, 0.1) is 10.5 Å². The Hall–Kier alpha value is -2.05. The van der Waals surface area contributed by atoms with E-state index in [1.807, 2.05) is 0 Å². The van der Waals surface area contributed by atoms with Crippen molar-refractivity contribution in [3.05, 3.63) is 39.9 Å². The third-order valence-corrected chi connectivity index (χ3v) is 4.45. The number of rotatable bonds is 4. The van der Waals surface area contributed by atoms with Gasteiger partial charge in [0, 0.05) is 18.6 Å². The fourth-order valence-electron chi connectivity index (χ4n) is 2.84. The highest BCUT2D eigenvalue weighted by Crippen LogP contribution is 2.70. The van der Waals surface area contributed by atoms with Gasteiger partial charge in [-0.3, -0.25) is 10.1 Å². The molecule has 1 saturated carbocycles. The highest BCUT2D eigenvalue weighted by molar-refractivity contribution is 5.38. The lowest BCUT2D eigenvalue weighted by Crippen LogP contribution is -2.57. The molecule has 1 atom stereocenters. The lowest BCUT2D eigenvalue weighted by Gasteiger charge is -2.36. The second-order valence-electron chi connectivity index (χ2n) is 6.36. The zero-order chi connectivity index (χ0) is 21.3. The fraction of sp³-hybridized carbons (Fsp3) is 0.571. The van der Waals surface area contributed by atoms with Crippen molar-refractivity contribution in [1.82, 2.24) is 0 Å². The van der Waals surface area contributed by atoms with Crippen molar-refractivity contribution in [2.24, 2.45) is 0 Å². The molecule has 4 nitrogen and oxygen atoms in total. The second-order valence-corrected chi connectivity index (χ2v) is 6.36. The number of hydrogen-bond acceptors (Lipinski definition) is 3. The van der Waals surface area contributed by atoms with Crippen LogP contribution in [0.3, 0.4) is 0 Å². The van der Waals surface area contributed by atoms with E-state index in [9.17, 15) is 54.7 Å². The van der Waals surface area contributed by atoms with Crippen LogP contribution in [-0.2, 0) is 5.60 Å². The number of nitro benzene ring substituents is 1. The van der Waals surface area contributed by atoms with E-state index in [0.717, 1.165) is 18.2 Å². The number of halogens is 9. The molecular weight excluding hydrogens is 401 g/mol. The molecule has 1 aliphatic carbocycles. The molecule has 0 radical (unpaired) electrons. The van der Waals surface area contributed by atoms with Gasteiger partial charge in [0.1, 0.15) is 0 Å². The molecule has 0 heterocycles. The van der Waals surface area contributed by atoms with E-state index < -0.39 is 57.6 Å². The number of aliphatic hydroxyl groups is 1. The number of hydrogen-bond donors (Lipinski definition) is 1. The van der Waals surface area contributed by atoms with Crippen LogP contribution in [0.5, 0.6) is 0 Å². The minimum absolute atomic E-state index is 0.397. The second kappa shape index (κ2) is 5.49. The molecule has 0 bridgehead atoms. The molecule has 0 saturated heterocycles. The SMILES string of the molecule is CC(O)(CC1(F)C(F)(F)C(F)(F)C(F)(F)C1(F)F)c1cccc([N+](=O)[O-])c1. The average molecular weight is 411 g/mol. The van der Waals surface area contributed by atoms with Gasteiger partial charge in [0.25, 0.3) is 11.4 Å². The Morgan fingerprint density at radius 2 is 1.41 bits per heavy atom. The van der Waals surface area contributed by atoms with E-state index in [2.05, 4.69) is 0 Å². The van der Waals surface area contributed by atoms with Gasteiger partial charge in [-0.15, -0.1) is 0 Å². The van der Waals surface area contributed by atoms with Crippen molar-refractivity contribution in [2.45, 2.75) is 48.3 Å². The van der Waals surface area contributed by atoms with Crippen LogP contribution in [0.15, 0.2) is 24.3 Å². The molecule has 0 spiro atoms. The Labute approximate surface area is 144 Å². The van der Waals surface area contributed by atoms with Crippen molar-refractivity contribution >= 4 is 5.69 Å². The van der Waals surface area contributed by atoms with Crippen LogP contribution in [0, 0.1) is 10.1 Å². The van der Waals surface area contributed by atoms with Crippen LogP contribution >= 0.6 is 0 Å². The van der Waals surface area contributed by atoms with E-state index in [4.69, 9.17) is 0 Å². The van der Waals surface area contributed by atoms with Gasteiger partial charge in [-0.1, -0.05) is 12.1 Å². The predicted molar refractivity (Wildman–Crippen MR) is 70.9 cm³/mol. The molecule has 152 valence electrons. The van der Waals surface area contributed by atoms with Crippen LogP contribution in [0.25, 0.3) is 0 Å². The first-order chi connectivity index (χ1) is 11.9. The summed E-state index contributed by atoms with van der Waals surface area (Å²) in [6.07, 6.45) is -2.59. The molecule has 1 aromatic carbocycles. The summed E-state index contributed by atoms with van der Waals surface area (Å²) in [7, 11) is 0. The summed E-state index contributed by atoms with van der Waals surface area (Å²) >= 11 is 0. The van der Waals surface area contributed by atoms with Gasteiger partial charge in [0.2, 0.25) is 0 Å². The first-order valence-electron chi connectivity index (χ1n) is 7.04. The third kappa shape index (κ3) is 2.43. The Bertz CT molecular complexity index is 753. The van der Waals surface area contributed by atoms with Crippen molar-refractivity contribution in [3.63, 3.8) is 0 Å². The summed E-state index contributed by atoms with van der Waals surface area (Å²) in [4.78, 5) is 9.64. The largest absolute Gasteiger partial charge is 0.385 e. The Morgan fingerprint density at radius 3 is 1.81 bits per heavy atom. The van der Waals surface area contributed by atoms with Crippen LogP contribution in [0.4, 0.5) is 45.2 Å². The molecule has 27 heavy (non-hydrogen) atoms. The van der Waals surface area contributed by atoms with Gasteiger partial charge >= 0.3 is 23.7 Å². The normalized spacial score (nSPS) is 26.3. The highest BCUT2D eigenvalue weighted by Gasteiger charge is 3.00. The van der Waals surface area contributed by atoms with Crippen molar-refractivity contribution in [2.75, 3.05) is 0 Å². The quantitative estimate of drug-likeness (QED) is 0.452. The molecule has 1 N–H and O–H groups in total. The number of non-ortho nitro benzene ring substituents is 1. The summed E-state index contributed by atoms with van der Waals surface area (Å²) in [5.74, 6) is -26.6. The Balaban J connectivity index is 2.60. The molecule has 0 amide bonds. The topological polar surface area (TPSA) is 63.4 Å². The average Bonchev–Trinajstić information content (AvgIpc) is 2.57. The summed E-state index contributed by atoms with van der Waals surface area (Å²) in [5.41, 5.74) is -10.6. The molecule has 1 unspecified atom stereocenters. The summed E-state index contributed by atoms with van der Waals surface area (Å²) < 4.78 is 122. The third-order valence-electron chi connectivity index (χ3n) is 4.45. The van der Waals surface area contributed by atoms with Gasteiger partial charge in [0.15, 0.2) is 0 Å². The number of nitrogens with zero attached hydrogens (tertiary/aromatic N) is 1. The Morgan fingerprint density at radius 1 is 0.963 bits per heavy atom. The van der Waals surface area contributed by atoms with E-state index in [0.29, 0.717) is 13.0 Å². The van der Waals surface area contributed by atoms with Crippen molar-refractivity contribution in [3.8, 4) is 0 Å². The monoisotopic (exact) mass is 411 g/mol. The zero-order valence-electron chi connectivity index (χ0n) is 13.1. The van der Waals surface area contributed by atoms with Gasteiger partial charge < -0.3 is 5.11 Å². The minimum atomic E-state index is -6.75. The van der Waals surface area contributed by atoms with Gasteiger partial charge in [-0.2, -0.15) is 35.1 Å². The summed E-state index contributed by atoms with van der Waals surface area (Å²) in [5, 5.41) is 20.8. The minimum Gasteiger partial charge on any atom is -0.385 e. The zero-order valence-corrected chi connectivity index (χ0v) is 13.1. The highest BCUT2D eigenvalue weighted by atomic mass is 19.4. The molecule has 0 aliphatic heterocycles. The van der Waals surface area contributed by atoms with Crippen molar-refractivity contribution < 1.29 is 49.5 Å². The van der Waals surface area contributed by atoms with Crippen molar-refractivity contribution in [1.29, 1.82) is 0 Å². The smallest absolute Gasteiger partial charge is 0.381 e. The maximum Gasteiger partial charge on any atom is 0.381 e. The van der Waals surface area contributed by atoms with Gasteiger partial charge in [-0.05, 0) is 12.5 Å². The molecular formula is C14H10F9NO3. The number of nitro groups is 1. The van der Waals surface area contributed by atoms with Crippen LogP contribution < -0.4 is 0 Å². The van der Waals surface area contributed by atoms with E-state index >= 15 is 0 Å². The maximum absolute atomic E-state index is 14.5. The molecule has 1 aliphatic rings. The van der Waals surface area contributed by atoms with E-state index in [1.54, 1.807) is 0 Å². The number of benzene rings is 1. The lowest BCUT2D eigenvalue weighted by atomic mass is 9.80. The van der Waals surface area contributed by atoms with Crippen LogP contribution in [-0.4, -0.2) is 39.4 Å². The summed E-state index contributed by atoms with van der Waals surface area (Å²) in [6, 6.07) is 2.94. The molecule has 1 aromatic rings. The first-order valence-corrected chi connectivity index (χ1v) is 7.04. The van der Waals surface area contributed by atoms with E-state index in [1.165, 1.54) is 0 Å². The number of alkyl halides is 9. The van der Waals surface area contributed by atoms with E-state index in [-0.39, 0.29) is 0 Å². The molecule has 13 heteroatoms.